The number of anilines is 1. The summed E-state index contributed by atoms with van der Waals surface area (Å²) in [5, 5.41) is 7.34. The third-order valence-electron chi connectivity index (χ3n) is 2.47. The van der Waals surface area contributed by atoms with Crippen molar-refractivity contribution in [2.45, 2.75) is 13.5 Å². The summed E-state index contributed by atoms with van der Waals surface area (Å²) in [5.74, 6) is 0.765. The van der Waals surface area contributed by atoms with E-state index in [0.717, 1.165) is 22.6 Å². The van der Waals surface area contributed by atoms with Crippen LogP contribution in [0.4, 0.5) is 5.82 Å². The van der Waals surface area contributed by atoms with Gasteiger partial charge in [0.2, 0.25) is 0 Å². The number of thiocarbonyl (C=S) groups is 1. The van der Waals surface area contributed by atoms with Gasteiger partial charge < -0.3 is 11.1 Å². The van der Waals surface area contributed by atoms with Crippen LogP contribution in [0.15, 0.2) is 24.5 Å². The second-order valence-electron chi connectivity index (χ2n) is 4.12. The van der Waals surface area contributed by atoms with E-state index in [2.05, 4.69) is 15.4 Å². The summed E-state index contributed by atoms with van der Waals surface area (Å²) in [5.41, 5.74) is 8.43. The maximum atomic E-state index is 5.62. The van der Waals surface area contributed by atoms with Gasteiger partial charge in [0.15, 0.2) is 0 Å². The minimum Gasteiger partial charge on any atom is -0.389 e. The third-order valence-corrected chi connectivity index (χ3v) is 2.71. The maximum absolute atomic E-state index is 5.62. The summed E-state index contributed by atoms with van der Waals surface area (Å²) in [7, 11) is 1.89. The molecule has 0 saturated carbocycles. The molecule has 6 heteroatoms. The van der Waals surface area contributed by atoms with E-state index in [1.165, 1.54) is 0 Å². The Morgan fingerprint density at radius 1 is 1.50 bits per heavy atom. The molecule has 5 nitrogen and oxygen atoms in total. The molecule has 0 fully saturated rings. The molecular weight excluding hydrogens is 246 g/mol. The Bertz CT molecular complexity index is 576. The van der Waals surface area contributed by atoms with Crippen LogP contribution in [-0.2, 0) is 13.6 Å². The average molecular weight is 261 g/mol. The summed E-state index contributed by atoms with van der Waals surface area (Å²) >= 11 is 4.97. The van der Waals surface area contributed by atoms with Gasteiger partial charge in [0.25, 0.3) is 0 Å². The second-order valence-corrected chi connectivity index (χ2v) is 4.56. The van der Waals surface area contributed by atoms with Crippen molar-refractivity contribution in [2.75, 3.05) is 5.32 Å². The second kappa shape index (κ2) is 5.14. The number of hydrogen-bond donors (Lipinski definition) is 2. The van der Waals surface area contributed by atoms with Crippen LogP contribution >= 0.6 is 12.2 Å². The van der Waals surface area contributed by atoms with E-state index in [-0.39, 0.29) is 0 Å². The molecule has 3 N–H and O–H groups in total. The third kappa shape index (κ3) is 3.04. The Morgan fingerprint density at radius 2 is 2.28 bits per heavy atom. The molecule has 2 rings (SSSR count). The van der Waals surface area contributed by atoms with Gasteiger partial charge in [0, 0.05) is 36.6 Å². The Hall–Kier alpha value is -1.95. The molecule has 2 heterocycles. The lowest BCUT2D eigenvalue weighted by Crippen LogP contribution is -2.11. The SMILES string of the molecule is Cc1cc(C(N)=S)cc(NCc2cnn(C)c2)n1. The molecule has 0 unspecified atom stereocenters. The molecule has 2 aromatic heterocycles. The predicted octanol–water partition coefficient (Wildman–Crippen LogP) is 1.37. The van der Waals surface area contributed by atoms with E-state index in [4.69, 9.17) is 18.0 Å². The first-order valence-corrected chi connectivity index (χ1v) is 5.95. The Kier molecular flexibility index (Phi) is 3.57. The fourth-order valence-corrected chi connectivity index (χ4v) is 1.78. The number of rotatable bonds is 4. The first kappa shape index (κ1) is 12.5. The number of aromatic nitrogens is 3. The first-order chi connectivity index (χ1) is 8.54. The molecule has 0 bridgehead atoms. The van der Waals surface area contributed by atoms with Gasteiger partial charge in [0.05, 0.1) is 6.20 Å². The number of aryl methyl sites for hydroxylation is 2. The monoisotopic (exact) mass is 261 g/mol. The van der Waals surface area contributed by atoms with Crippen LogP contribution in [0, 0.1) is 6.92 Å². The molecule has 94 valence electrons. The van der Waals surface area contributed by atoms with Crippen LogP contribution in [0.3, 0.4) is 0 Å². The predicted molar refractivity (Wildman–Crippen MR) is 75.4 cm³/mol. The number of nitrogens with one attached hydrogen (secondary N) is 1. The maximum Gasteiger partial charge on any atom is 0.127 e. The van der Waals surface area contributed by atoms with Crippen LogP contribution in [0.25, 0.3) is 0 Å². The number of nitrogens with zero attached hydrogens (tertiary/aromatic N) is 3. The molecule has 0 spiro atoms. The number of nitrogens with two attached hydrogens (primary N) is 1. The van der Waals surface area contributed by atoms with Gasteiger partial charge in [0.1, 0.15) is 10.8 Å². The van der Waals surface area contributed by atoms with Crippen LogP contribution in [0.5, 0.6) is 0 Å². The molecule has 0 aliphatic rings. The van der Waals surface area contributed by atoms with Gasteiger partial charge in [-0.25, -0.2) is 4.98 Å². The summed E-state index contributed by atoms with van der Waals surface area (Å²) < 4.78 is 1.77. The van der Waals surface area contributed by atoms with Gasteiger partial charge in [-0.1, -0.05) is 12.2 Å². The lowest BCUT2D eigenvalue weighted by atomic mass is 10.2. The standard InChI is InChI=1S/C12H15N5S/c1-8-3-10(12(13)18)4-11(16-8)14-5-9-6-15-17(2)7-9/h3-4,6-7H,5H2,1-2H3,(H2,13,18)(H,14,16). The van der Waals surface area contributed by atoms with Gasteiger partial charge in [-0.15, -0.1) is 0 Å². The summed E-state index contributed by atoms with van der Waals surface area (Å²) in [4.78, 5) is 4.76. The normalized spacial score (nSPS) is 10.3. The van der Waals surface area contributed by atoms with Crippen LogP contribution in [-0.4, -0.2) is 19.8 Å². The van der Waals surface area contributed by atoms with Gasteiger partial charge in [-0.05, 0) is 19.1 Å². The molecule has 0 aromatic carbocycles. The van der Waals surface area contributed by atoms with Crippen molar-refractivity contribution < 1.29 is 0 Å². The highest BCUT2D eigenvalue weighted by molar-refractivity contribution is 7.80. The molecule has 0 aliphatic carbocycles. The Balaban J connectivity index is 2.11. The molecule has 2 aromatic rings. The number of hydrogen-bond acceptors (Lipinski definition) is 4. The highest BCUT2D eigenvalue weighted by Gasteiger charge is 2.03. The molecule has 0 aliphatic heterocycles. The molecule has 0 amide bonds. The minimum absolute atomic E-state index is 0.380. The molecule has 0 radical (unpaired) electrons. The van der Waals surface area contributed by atoms with Crippen molar-refractivity contribution in [1.29, 1.82) is 0 Å². The molecule has 18 heavy (non-hydrogen) atoms. The fraction of sp³-hybridized carbons (Fsp3) is 0.250. The Morgan fingerprint density at radius 3 is 2.89 bits per heavy atom. The van der Waals surface area contributed by atoms with Crippen molar-refractivity contribution >= 4 is 23.0 Å². The zero-order valence-electron chi connectivity index (χ0n) is 10.3. The van der Waals surface area contributed by atoms with Crippen molar-refractivity contribution in [2.24, 2.45) is 12.8 Å². The van der Waals surface area contributed by atoms with E-state index in [9.17, 15) is 0 Å². The molecule has 0 saturated heterocycles. The highest BCUT2D eigenvalue weighted by atomic mass is 32.1. The van der Waals surface area contributed by atoms with Crippen LogP contribution in [0.1, 0.15) is 16.8 Å². The smallest absolute Gasteiger partial charge is 0.127 e. The molecule has 0 atom stereocenters. The lowest BCUT2D eigenvalue weighted by molar-refractivity contribution is 0.767. The van der Waals surface area contributed by atoms with Crippen LogP contribution < -0.4 is 11.1 Å². The van der Waals surface area contributed by atoms with Crippen molar-refractivity contribution in [3.05, 3.63) is 41.3 Å². The zero-order valence-corrected chi connectivity index (χ0v) is 11.2. The van der Waals surface area contributed by atoms with Gasteiger partial charge in [-0.2, -0.15) is 5.10 Å². The summed E-state index contributed by atoms with van der Waals surface area (Å²) in [6.07, 6.45) is 3.77. The molecular formula is C12H15N5S. The summed E-state index contributed by atoms with van der Waals surface area (Å²) in [6.45, 7) is 2.58. The van der Waals surface area contributed by atoms with E-state index < -0.39 is 0 Å². The topological polar surface area (TPSA) is 68.8 Å². The highest BCUT2D eigenvalue weighted by Crippen LogP contribution is 2.11. The van der Waals surface area contributed by atoms with Crippen LogP contribution in [0.2, 0.25) is 0 Å². The quantitative estimate of drug-likeness (QED) is 0.814. The Labute approximate surface area is 111 Å². The summed E-state index contributed by atoms with van der Waals surface area (Å²) in [6, 6.07) is 3.73. The average Bonchev–Trinajstić information content (AvgIpc) is 2.72. The van der Waals surface area contributed by atoms with E-state index in [1.54, 1.807) is 4.68 Å². The fourth-order valence-electron chi connectivity index (χ4n) is 1.66. The van der Waals surface area contributed by atoms with E-state index in [0.29, 0.717) is 11.5 Å². The number of pyridine rings is 1. The first-order valence-electron chi connectivity index (χ1n) is 5.54. The minimum atomic E-state index is 0.380. The van der Waals surface area contributed by atoms with Crippen molar-refractivity contribution in [3.8, 4) is 0 Å². The largest absolute Gasteiger partial charge is 0.389 e. The van der Waals surface area contributed by atoms with Crippen molar-refractivity contribution in [3.63, 3.8) is 0 Å². The van der Waals surface area contributed by atoms with E-state index in [1.807, 2.05) is 38.5 Å². The lowest BCUT2D eigenvalue weighted by Gasteiger charge is -2.07. The zero-order chi connectivity index (χ0) is 13.1. The van der Waals surface area contributed by atoms with E-state index >= 15 is 0 Å². The van der Waals surface area contributed by atoms with Gasteiger partial charge >= 0.3 is 0 Å². The van der Waals surface area contributed by atoms with Crippen molar-refractivity contribution in [1.82, 2.24) is 14.8 Å². The van der Waals surface area contributed by atoms with Gasteiger partial charge in [-0.3, -0.25) is 4.68 Å².